The van der Waals surface area contributed by atoms with Crippen LogP contribution in [0.15, 0.2) is 18.2 Å². The standard InChI is InChI=1S/C11H14ClF2N/c1-2-11(14,7-15)6-8-3-4-9(12)5-10(8)13/h3-5H,2,6-7,15H2,1H3. The molecule has 0 radical (unpaired) electrons. The second-order valence-electron chi connectivity index (χ2n) is 3.62. The van der Waals surface area contributed by atoms with E-state index in [2.05, 4.69) is 0 Å². The third-order valence-electron chi connectivity index (χ3n) is 2.52. The van der Waals surface area contributed by atoms with Crippen LogP contribution >= 0.6 is 11.6 Å². The summed E-state index contributed by atoms with van der Waals surface area (Å²) in [6.07, 6.45) is 0.259. The molecular weight excluding hydrogens is 220 g/mol. The Hall–Kier alpha value is -0.670. The van der Waals surface area contributed by atoms with Crippen molar-refractivity contribution in [2.75, 3.05) is 6.54 Å². The van der Waals surface area contributed by atoms with Gasteiger partial charge in [0.15, 0.2) is 0 Å². The molecule has 0 spiro atoms. The van der Waals surface area contributed by atoms with Crippen LogP contribution in [0, 0.1) is 5.82 Å². The number of benzene rings is 1. The molecule has 0 aliphatic rings. The van der Waals surface area contributed by atoms with Crippen molar-refractivity contribution in [1.82, 2.24) is 0 Å². The molecule has 0 aromatic heterocycles. The van der Waals surface area contributed by atoms with Crippen molar-refractivity contribution in [2.45, 2.75) is 25.4 Å². The van der Waals surface area contributed by atoms with Gasteiger partial charge < -0.3 is 5.73 Å². The second kappa shape index (κ2) is 4.90. The van der Waals surface area contributed by atoms with Gasteiger partial charge >= 0.3 is 0 Å². The van der Waals surface area contributed by atoms with E-state index in [1.807, 2.05) is 0 Å². The average Bonchev–Trinajstić information content (AvgIpc) is 2.22. The molecule has 84 valence electrons. The molecule has 1 atom stereocenters. The minimum atomic E-state index is -1.53. The largest absolute Gasteiger partial charge is 0.328 e. The van der Waals surface area contributed by atoms with Crippen molar-refractivity contribution in [2.24, 2.45) is 5.73 Å². The van der Waals surface area contributed by atoms with Crippen molar-refractivity contribution in [3.05, 3.63) is 34.6 Å². The molecule has 0 saturated heterocycles. The summed E-state index contributed by atoms with van der Waals surface area (Å²) in [6.45, 7) is 1.59. The molecule has 1 unspecified atom stereocenters. The summed E-state index contributed by atoms with van der Waals surface area (Å²) in [5.74, 6) is -0.480. The molecule has 15 heavy (non-hydrogen) atoms. The molecule has 2 N–H and O–H groups in total. The van der Waals surface area contributed by atoms with E-state index in [-0.39, 0.29) is 19.4 Å². The van der Waals surface area contributed by atoms with Crippen molar-refractivity contribution in [3.63, 3.8) is 0 Å². The fourth-order valence-corrected chi connectivity index (χ4v) is 1.51. The van der Waals surface area contributed by atoms with Crippen LogP contribution in [-0.2, 0) is 6.42 Å². The molecule has 0 saturated carbocycles. The van der Waals surface area contributed by atoms with Gasteiger partial charge in [-0.05, 0) is 24.1 Å². The Morgan fingerprint density at radius 2 is 2.13 bits per heavy atom. The highest BCUT2D eigenvalue weighted by Crippen LogP contribution is 2.24. The number of hydrogen-bond donors (Lipinski definition) is 1. The van der Waals surface area contributed by atoms with Crippen molar-refractivity contribution >= 4 is 11.6 Å². The zero-order valence-corrected chi connectivity index (χ0v) is 9.32. The zero-order valence-electron chi connectivity index (χ0n) is 8.56. The first-order valence-electron chi connectivity index (χ1n) is 4.83. The predicted molar refractivity (Wildman–Crippen MR) is 58.3 cm³/mol. The molecule has 4 heteroatoms. The van der Waals surface area contributed by atoms with Gasteiger partial charge in [0.1, 0.15) is 11.5 Å². The highest BCUT2D eigenvalue weighted by Gasteiger charge is 2.27. The zero-order chi connectivity index (χ0) is 11.5. The minimum Gasteiger partial charge on any atom is -0.328 e. The van der Waals surface area contributed by atoms with Gasteiger partial charge in [-0.1, -0.05) is 24.6 Å². The summed E-state index contributed by atoms with van der Waals surface area (Å²) < 4.78 is 27.3. The maximum absolute atomic E-state index is 13.9. The van der Waals surface area contributed by atoms with E-state index in [9.17, 15) is 8.78 Å². The van der Waals surface area contributed by atoms with Crippen LogP contribution in [0.1, 0.15) is 18.9 Å². The quantitative estimate of drug-likeness (QED) is 0.850. The smallest absolute Gasteiger partial charge is 0.127 e. The molecule has 1 aromatic carbocycles. The van der Waals surface area contributed by atoms with E-state index in [1.54, 1.807) is 13.0 Å². The maximum atomic E-state index is 13.9. The molecule has 0 aliphatic carbocycles. The summed E-state index contributed by atoms with van der Waals surface area (Å²) >= 11 is 5.60. The van der Waals surface area contributed by atoms with Crippen LogP contribution in [0.25, 0.3) is 0 Å². The van der Waals surface area contributed by atoms with Crippen LogP contribution in [0.3, 0.4) is 0 Å². The Labute approximate surface area is 93.2 Å². The predicted octanol–water partition coefficient (Wildman–Crippen LogP) is 3.10. The lowest BCUT2D eigenvalue weighted by molar-refractivity contribution is 0.166. The summed E-state index contributed by atoms with van der Waals surface area (Å²) in [5, 5.41) is 0.310. The summed E-state index contributed by atoms with van der Waals surface area (Å²) in [5.41, 5.74) is 4.10. The molecule has 0 aliphatic heterocycles. The fourth-order valence-electron chi connectivity index (χ4n) is 1.35. The van der Waals surface area contributed by atoms with Gasteiger partial charge in [0.05, 0.1) is 0 Å². The summed E-state index contributed by atoms with van der Waals surface area (Å²) in [6, 6.07) is 4.23. The Balaban J connectivity index is 2.89. The minimum absolute atomic E-state index is 0.0109. The lowest BCUT2D eigenvalue weighted by Crippen LogP contribution is -2.34. The number of nitrogens with two attached hydrogens (primary N) is 1. The SMILES string of the molecule is CCC(F)(CN)Cc1ccc(Cl)cc1F. The van der Waals surface area contributed by atoms with E-state index in [0.29, 0.717) is 10.6 Å². The Morgan fingerprint density at radius 3 is 2.60 bits per heavy atom. The number of rotatable bonds is 4. The Kier molecular flexibility index (Phi) is 4.05. The second-order valence-corrected chi connectivity index (χ2v) is 4.06. The van der Waals surface area contributed by atoms with E-state index in [4.69, 9.17) is 17.3 Å². The molecule has 1 rings (SSSR count). The monoisotopic (exact) mass is 233 g/mol. The van der Waals surface area contributed by atoms with Gasteiger partial charge in [0.25, 0.3) is 0 Å². The lowest BCUT2D eigenvalue weighted by atomic mass is 9.93. The van der Waals surface area contributed by atoms with Crippen LogP contribution < -0.4 is 5.73 Å². The van der Waals surface area contributed by atoms with Crippen LogP contribution in [-0.4, -0.2) is 12.2 Å². The summed E-state index contributed by atoms with van der Waals surface area (Å²) in [7, 11) is 0. The first kappa shape index (κ1) is 12.4. The van der Waals surface area contributed by atoms with E-state index >= 15 is 0 Å². The Bertz CT molecular complexity index is 337. The molecule has 1 nitrogen and oxygen atoms in total. The third-order valence-corrected chi connectivity index (χ3v) is 2.76. The van der Waals surface area contributed by atoms with Crippen LogP contribution in [0.4, 0.5) is 8.78 Å². The normalized spacial score (nSPS) is 15.0. The van der Waals surface area contributed by atoms with E-state index in [0.717, 1.165) is 0 Å². The third kappa shape index (κ3) is 3.14. The first-order valence-corrected chi connectivity index (χ1v) is 5.21. The molecule has 1 aromatic rings. The van der Waals surface area contributed by atoms with Crippen molar-refractivity contribution in [1.29, 1.82) is 0 Å². The molecule has 0 bridgehead atoms. The molecular formula is C11H14ClF2N. The van der Waals surface area contributed by atoms with Crippen LogP contribution in [0.5, 0.6) is 0 Å². The van der Waals surface area contributed by atoms with Crippen molar-refractivity contribution in [3.8, 4) is 0 Å². The van der Waals surface area contributed by atoms with Crippen LogP contribution in [0.2, 0.25) is 5.02 Å². The highest BCUT2D eigenvalue weighted by atomic mass is 35.5. The van der Waals surface area contributed by atoms with Crippen molar-refractivity contribution < 1.29 is 8.78 Å². The topological polar surface area (TPSA) is 26.0 Å². The van der Waals surface area contributed by atoms with Gasteiger partial charge in [0, 0.05) is 18.0 Å². The number of hydrogen-bond acceptors (Lipinski definition) is 1. The average molecular weight is 234 g/mol. The molecule has 0 amide bonds. The van der Waals surface area contributed by atoms with Gasteiger partial charge in [-0.25, -0.2) is 8.78 Å². The van der Waals surface area contributed by atoms with Gasteiger partial charge in [-0.15, -0.1) is 0 Å². The van der Waals surface area contributed by atoms with E-state index < -0.39 is 11.5 Å². The maximum Gasteiger partial charge on any atom is 0.127 e. The van der Waals surface area contributed by atoms with Gasteiger partial charge in [-0.2, -0.15) is 0 Å². The van der Waals surface area contributed by atoms with E-state index in [1.165, 1.54) is 12.1 Å². The first-order chi connectivity index (χ1) is 7.00. The van der Waals surface area contributed by atoms with Gasteiger partial charge in [0.2, 0.25) is 0 Å². The van der Waals surface area contributed by atoms with Gasteiger partial charge in [-0.3, -0.25) is 0 Å². The summed E-state index contributed by atoms with van der Waals surface area (Å²) in [4.78, 5) is 0. The number of alkyl halides is 1. The number of halogens is 3. The highest BCUT2D eigenvalue weighted by molar-refractivity contribution is 6.30. The lowest BCUT2D eigenvalue weighted by Gasteiger charge is -2.22. The fraction of sp³-hybridized carbons (Fsp3) is 0.455. The molecule has 0 fully saturated rings. The Morgan fingerprint density at radius 1 is 1.47 bits per heavy atom. The molecule has 0 heterocycles.